The molecule has 0 aromatic heterocycles. The van der Waals surface area contributed by atoms with Gasteiger partial charge in [-0.25, -0.2) is 0 Å². The van der Waals surface area contributed by atoms with Crippen LogP contribution in [0.1, 0.15) is 11.1 Å². The predicted octanol–water partition coefficient (Wildman–Crippen LogP) is 2.84. The first-order chi connectivity index (χ1) is 11.7. The predicted molar refractivity (Wildman–Crippen MR) is 97.9 cm³/mol. The first-order valence-electron chi connectivity index (χ1n) is 8.35. The average Bonchev–Trinajstić information content (AvgIpc) is 2.91. The van der Waals surface area contributed by atoms with Crippen LogP contribution in [0.15, 0.2) is 42.5 Å². The molecule has 124 valence electrons. The summed E-state index contributed by atoms with van der Waals surface area (Å²) in [5, 5.41) is 4.08. The summed E-state index contributed by atoms with van der Waals surface area (Å²) in [6.45, 7) is 4.52. The van der Waals surface area contributed by atoms with Gasteiger partial charge in [0.05, 0.1) is 13.0 Å². The number of hydrogen-bond donors (Lipinski definition) is 1. The molecular formula is C19H20ClN3O. The van der Waals surface area contributed by atoms with E-state index < -0.39 is 0 Å². The maximum atomic E-state index is 12.6. The van der Waals surface area contributed by atoms with Crippen LogP contribution in [0.25, 0.3) is 0 Å². The van der Waals surface area contributed by atoms with Crippen molar-refractivity contribution in [1.82, 2.24) is 5.32 Å². The minimum absolute atomic E-state index is 0.160. The van der Waals surface area contributed by atoms with E-state index in [4.69, 9.17) is 11.6 Å². The minimum Gasteiger partial charge on any atom is -0.369 e. The Hall–Kier alpha value is -2.04. The summed E-state index contributed by atoms with van der Waals surface area (Å²) in [5.74, 6) is 0.160. The monoisotopic (exact) mass is 341 g/mol. The molecule has 0 atom stereocenters. The lowest BCUT2D eigenvalue weighted by molar-refractivity contribution is -0.117. The molecule has 2 aliphatic rings. The van der Waals surface area contributed by atoms with Crippen LogP contribution in [0.4, 0.5) is 11.4 Å². The molecule has 4 rings (SSSR count). The van der Waals surface area contributed by atoms with Crippen molar-refractivity contribution in [2.24, 2.45) is 0 Å². The molecule has 1 fully saturated rings. The van der Waals surface area contributed by atoms with Crippen molar-refractivity contribution in [3.63, 3.8) is 0 Å². The van der Waals surface area contributed by atoms with Crippen LogP contribution in [0.3, 0.4) is 0 Å². The normalized spacial score (nSPS) is 17.3. The minimum atomic E-state index is 0.160. The van der Waals surface area contributed by atoms with Crippen LogP contribution in [0, 0.1) is 0 Å². The van der Waals surface area contributed by atoms with Crippen LogP contribution >= 0.6 is 11.6 Å². The van der Waals surface area contributed by atoms with E-state index >= 15 is 0 Å². The van der Waals surface area contributed by atoms with Crippen molar-refractivity contribution >= 4 is 28.9 Å². The van der Waals surface area contributed by atoms with Gasteiger partial charge in [0.15, 0.2) is 0 Å². The highest BCUT2D eigenvalue weighted by atomic mass is 35.5. The number of carbonyl (C=O) groups excluding carboxylic acids is 1. The van der Waals surface area contributed by atoms with E-state index in [1.165, 1.54) is 5.69 Å². The Morgan fingerprint density at radius 3 is 2.58 bits per heavy atom. The van der Waals surface area contributed by atoms with Gasteiger partial charge in [0.25, 0.3) is 0 Å². The Morgan fingerprint density at radius 1 is 1.04 bits per heavy atom. The van der Waals surface area contributed by atoms with E-state index in [1.54, 1.807) is 0 Å². The zero-order chi connectivity index (χ0) is 16.5. The van der Waals surface area contributed by atoms with Gasteiger partial charge in [-0.15, -0.1) is 0 Å². The van der Waals surface area contributed by atoms with E-state index in [1.807, 2.05) is 29.2 Å². The van der Waals surface area contributed by atoms with E-state index in [0.717, 1.165) is 43.0 Å². The largest absolute Gasteiger partial charge is 0.369 e. The van der Waals surface area contributed by atoms with Crippen molar-refractivity contribution < 1.29 is 4.79 Å². The third kappa shape index (κ3) is 2.87. The lowest BCUT2D eigenvalue weighted by Crippen LogP contribution is -2.43. The molecule has 0 spiro atoms. The zero-order valence-electron chi connectivity index (χ0n) is 13.5. The van der Waals surface area contributed by atoms with Crippen LogP contribution in [0.2, 0.25) is 5.02 Å². The molecule has 2 aliphatic heterocycles. The van der Waals surface area contributed by atoms with E-state index in [2.05, 4.69) is 28.4 Å². The Balaban J connectivity index is 1.65. The summed E-state index contributed by atoms with van der Waals surface area (Å²) in [5.41, 5.74) is 4.45. The van der Waals surface area contributed by atoms with Crippen LogP contribution in [0.5, 0.6) is 0 Å². The number of carbonyl (C=O) groups is 1. The molecule has 5 heteroatoms. The molecule has 2 aromatic rings. The maximum Gasteiger partial charge on any atom is 0.231 e. The smallest absolute Gasteiger partial charge is 0.231 e. The molecule has 0 aliphatic carbocycles. The quantitative estimate of drug-likeness (QED) is 0.932. The number of amides is 1. The summed E-state index contributed by atoms with van der Waals surface area (Å²) >= 11 is 6.08. The van der Waals surface area contributed by atoms with Gasteiger partial charge in [-0.1, -0.05) is 29.8 Å². The molecule has 1 amide bonds. The Labute approximate surface area is 147 Å². The number of hydrogen-bond acceptors (Lipinski definition) is 3. The van der Waals surface area contributed by atoms with Gasteiger partial charge in [0.2, 0.25) is 5.91 Å². The summed E-state index contributed by atoms with van der Waals surface area (Å²) in [4.78, 5) is 16.9. The molecule has 4 nitrogen and oxygen atoms in total. The number of nitrogens with one attached hydrogen (secondary N) is 1. The summed E-state index contributed by atoms with van der Waals surface area (Å²) < 4.78 is 0. The van der Waals surface area contributed by atoms with E-state index in [0.29, 0.717) is 18.0 Å². The lowest BCUT2D eigenvalue weighted by Gasteiger charge is -2.31. The first kappa shape index (κ1) is 15.5. The Kier molecular flexibility index (Phi) is 4.17. The van der Waals surface area contributed by atoms with Crippen LogP contribution < -0.4 is 15.1 Å². The number of benzene rings is 2. The van der Waals surface area contributed by atoms with Crippen molar-refractivity contribution in [3.05, 3.63) is 58.6 Å². The van der Waals surface area contributed by atoms with Crippen molar-refractivity contribution in [1.29, 1.82) is 0 Å². The van der Waals surface area contributed by atoms with Gasteiger partial charge in [0, 0.05) is 48.1 Å². The molecule has 0 saturated carbocycles. The molecule has 0 radical (unpaired) electrons. The number of rotatable bonds is 3. The highest BCUT2D eigenvalue weighted by Gasteiger charge is 2.30. The maximum absolute atomic E-state index is 12.6. The number of piperazine rings is 1. The van der Waals surface area contributed by atoms with E-state index in [-0.39, 0.29) is 5.91 Å². The fraction of sp³-hybridized carbons (Fsp3) is 0.316. The van der Waals surface area contributed by atoms with Crippen LogP contribution in [-0.4, -0.2) is 32.1 Å². The highest BCUT2D eigenvalue weighted by molar-refractivity contribution is 6.30. The van der Waals surface area contributed by atoms with Crippen molar-refractivity contribution in [2.75, 3.05) is 36.0 Å². The topological polar surface area (TPSA) is 35.6 Å². The summed E-state index contributed by atoms with van der Waals surface area (Å²) in [6.07, 6.45) is 0.482. The molecule has 1 N–H and O–H groups in total. The van der Waals surface area contributed by atoms with Gasteiger partial charge in [0.1, 0.15) is 0 Å². The second kappa shape index (κ2) is 6.46. The summed E-state index contributed by atoms with van der Waals surface area (Å²) in [7, 11) is 0. The molecule has 2 heterocycles. The number of fused-ring (bicyclic) bond motifs is 1. The van der Waals surface area contributed by atoms with Crippen LogP contribution in [-0.2, 0) is 17.8 Å². The third-order valence-electron chi connectivity index (χ3n) is 4.73. The molecule has 2 aromatic carbocycles. The number of nitrogens with zero attached hydrogens (tertiary/aromatic N) is 2. The molecule has 24 heavy (non-hydrogen) atoms. The molecule has 1 saturated heterocycles. The first-order valence-corrected chi connectivity index (χ1v) is 8.72. The molecular weight excluding hydrogens is 322 g/mol. The van der Waals surface area contributed by atoms with E-state index in [9.17, 15) is 4.79 Å². The third-order valence-corrected chi connectivity index (χ3v) is 4.97. The van der Waals surface area contributed by atoms with Gasteiger partial charge in [-0.3, -0.25) is 4.79 Å². The van der Waals surface area contributed by atoms with Crippen molar-refractivity contribution in [3.8, 4) is 0 Å². The van der Waals surface area contributed by atoms with Gasteiger partial charge in [-0.05, 0) is 29.8 Å². The van der Waals surface area contributed by atoms with Gasteiger partial charge >= 0.3 is 0 Å². The standard InChI is InChI=1S/C19H20ClN3O/c20-15-4-1-3-14(11-15)13-23-18-6-2-5-17(16(18)12-19(23)24)22-9-7-21-8-10-22/h1-6,11,21H,7-10,12-13H2. The second-order valence-corrected chi connectivity index (χ2v) is 6.73. The Morgan fingerprint density at radius 2 is 1.79 bits per heavy atom. The number of anilines is 2. The average molecular weight is 342 g/mol. The lowest BCUT2D eigenvalue weighted by atomic mass is 10.1. The van der Waals surface area contributed by atoms with Gasteiger partial charge in [-0.2, -0.15) is 0 Å². The highest BCUT2D eigenvalue weighted by Crippen LogP contribution is 2.37. The Bertz CT molecular complexity index is 771. The van der Waals surface area contributed by atoms with Crippen molar-refractivity contribution in [2.45, 2.75) is 13.0 Å². The second-order valence-electron chi connectivity index (χ2n) is 6.30. The fourth-order valence-corrected chi connectivity index (χ4v) is 3.78. The van der Waals surface area contributed by atoms with Gasteiger partial charge < -0.3 is 15.1 Å². The molecule has 0 bridgehead atoms. The molecule has 0 unspecified atom stereocenters. The SMILES string of the molecule is O=C1Cc2c(N3CCNCC3)cccc2N1Cc1cccc(Cl)c1. The number of halogens is 1. The summed E-state index contributed by atoms with van der Waals surface area (Å²) in [6, 6.07) is 14.0. The zero-order valence-corrected chi connectivity index (χ0v) is 14.2. The fourth-order valence-electron chi connectivity index (χ4n) is 3.57.